The van der Waals surface area contributed by atoms with E-state index in [0.717, 1.165) is 28.6 Å². The molecule has 1 heterocycles. The van der Waals surface area contributed by atoms with Crippen LogP contribution in [-0.4, -0.2) is 9.97 Å². The SMILES string of the molecule is CCCc1cc(Cl)nc(-c2ccc(Cl)cc2Br)n1. The minimum absolute atomic E-state index is 0.463. The summed E-state index contributed by atoms with van der Waals surface area (Å²) in [6, 6.07) is 7.32. The third kappa shape index (κ3) is 3.22. The lowest BCUT2D eigenvalue weighted by Gasteiger charge is -2.06. The summed E-state index contributed by atoms with van der Waals surface area (Å²) in [6.45, 7) is 2.11. The van der Waals surface area contributed by atoms with E-state index in [9.17, 15) is 0 Å². The molecule has 1 aromatic carbocycles. The van der Waals surface area contributed by atoms with E-state index in [1.807, 2.05) is 18.2 Å². The van der Waals surface area contributed by atoms with E-state index in [1.54, 1.807) is 6.07 Å². The Balaban J connectivity index is 2.49. The van der Waals surface area contributed by atoms with Crippen molar-refractivity contribution < 1.29 is 0 Å². The second-order valence-electron chi connectivity index (χ2n) is 3.88. The van der Waals surface area contributed by atoms with Crippen molar-refractivity contribution in [3.63, 3.8) is 0 Å². The molecule has 0 N–H and O–H groups in total. The average Bonchev–Trinajstić information content (AvgIpc) is 2.28. The Morgan fingerprint density at radius 3 is 2.61 bits per heavy atom. The smallest absolute Gasteiger partial charge is 0.162 e. The first-order chi connectivity index (χ1) is 8.60. The number of halogens is 3. The van der Waals surface area contributed by atoms with Crippen LogP contribution in [0.1, 0.15) is 19.0 Å². The zero-order chi connectivity index (χ0) is 13.1. The van der Waals surface area contributed by atoms with Crippen LogP contribution in [0.5, 0.6) is 0 Å². The summed E-state index contributed by atoms with van der Waals surface area (Å²) in [5.74, 6) is 0.620. The topological polar surface area (TPSA) is 25.8 Å². The maximum atomic E-state index is 6.03. The second-order valence-corrected chi connectivity index (χ2v) is 5.56. The van der Waals surface area contributed by atoms with E-state index in [0.29, 0.717) is 16.0 Å². The summed E-state index contributed by atoms with van der Waals surface area (Å²) in [6.07, 6.45) is 1.91. The molecule has 0 aliphatic carbocycles. The third-order valence-corrected chi connectivity index (χ3v) is 3.51. The molecule has 0 bridgehead atoms. The summed E-state index contributed by atoms with van der Waals surface area (Å²) in [4.78, 5) is 8.77. The highest BCUT2D eigenvalue weighted by Gasteiger charge is 2.09. The van der Waals surface area contributed by atoms with Gasteiger partial charge in [0.1, 0.15) is 5.15 Å². The Morgan fingerprint density at radius 1 is 1.17 bits per heavy atom. The van der Waals surface area contributed by atoms with Gasteiger partial charge in [-0.2, -0.15) is 0 Å². The zero-order valence-corrected chi connectivity index (χ0v) is 12.8. The van der Waals surface area contributed by atoms with Crippen LogP contribution in [0.3, 0.4) is 0 Å². The van der Waals surface area contributed by atoms with E-state index in [-0.39, 0.29) is 0 Å². The first kappa shape index (κ1) is 13.8. The standard InChI is InChI=1S/C13H11BrCl2N2/c1-2-3-9-7-12(16)18-13(17-9)10-5-4-8(15)6-11(10)14/h4-7H,2-3H2,1H3. The van der Waals surface area contributed by atoms with E-state index in [4.69, 9.17) is 23.2 Å². The molecule has 2 nitrogen and oxygen atoms in total. The van der Waals surface area contributed by atoms with Crippen molar-refractivity contribution >= 4 is 39.1 Å². The summed E-state index contributed by atoms with van der Waals surface area (Å²) in [5.41, 5.74) is 1.84. The van der Waals surface area contributed by atoms with Crippen LogP contribution in [0.15, 0.2) is 28.7 Å². The fourth-order valence-electron chi connectivity index (χ4n) is 1.64. The average molecular weight is 346 g/mol. The normalized spacial score (nSPS) is 10.7. The van der Waals surface area contributed by atoms with Crippen LogP contribution in [0, 0.1) is 0 Å². The molecular formula is C13H11BrCl2N2. The Morgan fingerprint density at radius 2 is 1.94 bits per heavy atom. The molecule has 0 saturated heterocycles. The zero-order valence-electron chi connectivity index (χ0n) is 9.75. The molecule has 2 aromatic rings. The van der Waals surface area contributed by atoms with Gasteiger partial charge in [-0.15, -0.1) is 0 Å². The van der Waals surface area contributed by atoms with Crippen LogP contribution >= 0.6 is 39.1 Å². The third-order valence-electron chi connectivity index (χ3n) is 2.43. The summed E-state index contributed by atoms with van der Waals surface area (Å²) < 4.78 is 0.861. The van der Waals surface area contributed by atoms with Crippen LogP contribution in [0.2, 0.25) is 10.2 Å². The molecule has 0 fully saturated rings. The lowest BCUT2D eigenvalue weighted by molar-refractivity contribution is 0.875. The van der Waals surface area contributed by atoms with Gasteiger partial charge in [-0.05, 0) is 46.6 Å². The molecule has 0 unspecified atom stereocenters. The predicted molar refractivity (Wildman–Crippen MR) is 79.2 cm³/mol. The van der Waals surface area contributed by atoms with Crippen LogP contribution in [0.25, 0.3) is 11.4 Å². The number of benzene rings is 1. The first-order valence-electron chi connectivity index (χ1n) is 5.59. The highest BCUT2D eigenvalue weighted by atomic mass is 79.9. The molecule has 0 amide bonds. The Kier molecular flexibility index (Phi) is 4.60. The van der Waals surface area contributed by atoms with Crippen molar-refractivity contribution in [1.29, 1.82) is 0 Å². The highest BCUT2D eigenvalue weighted by Crippen LogP contribution is 2.29. The molecule has 0 aliphatic rings. The molecule has 0 saturated carbocycles. The van der Waals surface area contributed by atoms with Gasteiger partial charge >= 0.3 is 0 Å². The second kappa shape index (κ2) is 6.00. The van der Waals surface area contributed by atoms with Gasteiger partial charge in [-0.1, -0.05) is 36.5 Å². The van der Waals surface area contributed by atoms with Gasteiger partial charge in [0.15, 0.2) is 5.82 Å². The van der Waals surface area contributed by atoms with E-state index >= 15 is 0 Å². The fourth-order valence-corrected chi connectivity index (χ4v) is 2.71. The molecule has 2 rings (SSSR count). The Labute approximate surface area is 124 Å². The number of aromatic nitrogens is 2. The van der Waals surface area contributed by atoms with Crippen molar-refractivity contribution in [2.24, 2.45) is 0 Å². The van der Waals surface area contributed by atoms with Gasteiger partial charge in [-0.3, -0.25) is 0 Å². The number of aryl methyl sites for hydroxylation is 1. The monoisotopic (exact) mass is 344 g/mol. The Bertz CT molecular complexity index is 573. The van der Waals surface area contributed by atoms with Crippen molar-refractivity contribution in [3.05, 3.63) is 44.6 Å². The number of rotatable bonds is 3. The Hall–Kier alpha value is -0.640. The molecule has 0 aliphatic heterocycles. The molecule has 5 heteroatoms. The molecule has 94 valence electrons. The molecule has 0 spiro atoms. The van der Waals surface area contributed by atoms with E-state index < -0.39 is 0 Å². The number of nitrogens with zero attached hydrogens (tertiary/aromatic N) is 2. The summed E-state index contributed by atoms with van der Waals surface area (Å²) in [7, 11) is 0. The first-order valence-corrected chi connectivity index (χ1v) is 7.14. The van der Waals surface area contributed by atoms with Crippen molar-refractivity contribution in [1.82, 2.24) is 9.97 Å². The lowest BCUT2D eigenvalue weighted by atomic mass is 10.2. The van der Waals surface area contributed by atoms with Gasteiger partial charge in [0, 0.05) is 20.8 Å². The van der Waals surface area contributed by atoms with Gasteiger partial charge in [0.05, 0.1) is 0 Å². The molecule has 0 radical (unpaired) electrons. The van der Waals surface area contributed by atoms with Gasteiger partial charge in [0.25, 0.3) is 0 Å². The minimum atomic E-state index is 0.463. The molecule has 0 atom stereocenters. The number of hydrogen-bond donors (Lipinski definition) is 0. The lowest BCUT2D eigenvalue weighted by Crippen LogP contribution is -1.96. The van der Waals surface area contributed by atoms with Gasteiger partial charge < -0.3 is 0 Å². The van der Waals surface area contributed by atoms with Crippen LogP contribution < -0.4 is 0 Å². The fraction of sp³-hybridized carbons (Fsp3) is 0.231. The van der Waals surface area contributed by atoms with Gasteiger partial charge in [0.2, 0.25) is 0 Å². The largest absolute Gasteiger partial charge is 0.233 e. The summed E-state index contributed by atoms with van der Waals surface area (Å²) in [5, 5.41) is 1.13. The minimum Gasteiger partial charge on any atom is -0.233 e. The van der Waals surface area contributed by atoms with Crippen LogP contribution in [-0.2, 0) is 6.42 Å². The maximum Gasteiger partial charge on any atom is 0.162 e. The van der Waals surface area contributed by atoms with E-state index in [1.165, 1.54) is 0 Å². The van der Waals surface area contributed by atoms with Crippen molar-refractivity contribution in [3.8, 4) is 11.4 Å². The van der Waals surface area contributed by atoms with Crippen molar-refractivity contribution in [2.75, 3.05) is 0 Å². The summed E-state index contributed by atoms with van der Waals surface area (Å²) >= 11 is 15.4. The highest BCUT2D eigenvalue weighted by molar-refractivity contribution is 9.10. The van der Waals surface area contributed by atoms with E-state index in [2.05, 4.69) is 32.8 Å². The predicted octanol–water partition coefficient (Wildman–Crippen LogP) is 5.17. The molecule has 18 heavy (non-hydrogen) atoms. The van der Waals surface area contributed by atoms with Crippen molar-refractivity contribution in [2.45, 2.75) is 19.8 Å². The quantitative estimate of drug-likeness (QED) is 0.717. The molecule has 1 aromatic heterocycles. The maximum absolute atomic E-state index is 6.03. The van der Waals surface area contributed by atoms with Gasteiger partial charge in [-0.25, -0.2) is 9.97 Å². The molecular weight excluding hydrogens is 335 g/mol. The van der Waals surface area contributed by atoms with Crippen LogP contribution in [0.4, 0.5) is 0 Å². The number of hydrogen-bond acceptors (Lipinski definition) is 2.